The number of nitriles is 1. The van der Waals surface area contributed by atoms with E-state index in [1.54, 1.807) is 0 Å². The molecule has 1 unspecified atom stereocenters. The zero-order valence-corrected chi connectivity index (χ0v) is 9.70. The van der Waals surface area contributed by atoms with E-state index >= 15 is 0 Å². The first-order chi connectivity index (χ1) is 7.70. The molecule has 2 aromatic carbocycles. The Balaban J connectivity index is 2.45. The maximum Gasteiger partial charge on any atom is 0.0628 e. The third-order valence-corrected chi connectivity index (χ3v) is 2.99. The molecule has 1 nitrogen and oxygen atoms in total. The summed E-state index contributed by atoms with van der Waals surface area (Å²) in [5.74, 6) is 0.315. The van der Waals surface area contributed by atoms with Crippen LogP contribution in [0, 0.1) is 18.3 Å². The van der Waals surface area contributed by atoms with Crippen molar-refractivity contribution in [2.45, 2.75) is 26.2 Å². The lowest BCUT2D eigenvalue weighted by atomic mass is 9.95. The van der Waals surface area contributed by atoms with Crippen molar-refractivity contribution in [1.82, 2.24) is 0 Å². The molecule has 0 aliphatic heterocycles. The molecule has 0 N–H and O–H groups in total. The van der Waals surface area contributed by atoms with Gasteiger partial charge in [-0.1, -0.05) is 48.9 Å². The number of aryl methyl sites for hydroxylation is 1. The molecule has 1 atom stereocenters. The van der Waals surface area contributed by atoms with Crippen LogP contribution >= 0.6 is 0 Å². The molecule has 16 heavy (non-hydrogen) atoms. The van der Waals surface area contributed by atoms with Gasteiger partial charge in [-0.15, -0.1) is 0 Å². The van der Waals surface area contributed by atoms with Crippen molar-refractivity contribution in [3.63, 3.8) is 0 Å². The Kier molecular flexibility index (Phi) is 2.92. The van der Waals surface area contributed by atoms with Gasteiger partial charge in [-0.2, -0.15) is 5.26 Å². The molecular weight excluding hydrogens is 194 g/mol. The maximum atomic E-state index is 8.70. The van der Waals surface area contributed by atoms with E-state index in [1.165, 1.54) is 21.9 Å². The first-order valence-electron chi connectivity index (χ1n) is 5.58. The normalized spacial score (nSPS) is 12.3. The fourth-order valence-corrected chi connectivity index (χ4v) is 1.94. The minimum atomic E-state index is 0.315. The summed E-state index contributed by atoms with van der Waals surface area (Å²) in [6.45, 7) is 4.20. The van der Waals surface area contributed by atoms with Gasteiger partial charge in [0.25, 0.3) is 0 Å². The van der Waals surface area contributed by atoms with Gasteiger partial charge in [-0.05, 0) is 29.2 Å². The van der Waals surface area contributed by atoms with Crippen LogP contribution in [0.15, 0.2) is 36.4 Å². The minimum Gasteiger partial charge on any atom is -0.198 e. The standard InChI is InChI=1S/C15H15N/c1-11-3-4-15-10-13(12(2)7-8-16)5-6-14(15)9-11/h3-6,9-10,12H,7H2,1-2H3. The van der Waals surface area contributed by atoms with Crippen molar-refractivity contribution in [1.29, 1.82) is 5.26 Å². The van der Waals surface area contributed by atoms with Crippen LogP contribution in [0.25, 0.3) is 10.8 Å². The predicted molar refractivity (Wildman–Crippen MR) is 67.3 cm³/mol. The molecule has 2 aromatic rings. The molecular formula is C15H15N. The van der Waals surface area contributed by atoms with Crippen LogP contribution in [0.1, 0.15) is 30.4 Å². The molecule has 0 amide bonds. The van der Waals surface area contributed by atoms with Crippen molar-refractivity contribution in [2.75, 3.05) is 0 Å². The summed E-state index contributed by atoms with van der Waals surface area (Å²) in [4.78, 5) is 0. The van der Waals surface area contributed by atoms with E-state index in [9.17, 15) is 0 Å². The van der Waals surface area contributed by atoms with Crippen LogP contribution in [0.2, 0.25) is 0 Å². The molecule has 2 rings (SSSR count). The number of hydrogen-bond acceptors (Lipinski definition) is 1. The van der Waals surface area contributed by atoms with Crippen molar-refractivity contribution in [2.24, 2.45) is 0 Å². The van der Waals surface area contributed by atoms with Gasteiger partial charge in [0.05, 0.1) is 6.07 Å². The molecule has 0 fully saturated rings. The Morgan fingerprint density at radius 2 is 1.81 bits per heavy atom. The van der Waals surface area contributed by atoms with Gasteiger partial charge >= 0.3 is 0 Å². The topological polar surface area (TPSA) is 23.8 Å². The quantitative estimate of drug-likeness (QED) is 0.728. The van der Waals surface area contributed by atoms with Gasteiger partial charge in [0, 0.05) is 6.42 Å². The van der Waals surface area contributed by atoms with E-state index in [0.717, 1.165) is 0 Å². The highest BCUT2D eigenvalue weighted by molar-refractivity contribution is 5.83. The maximum absolute atomic E-state index is 8.70. The lowest BCUT2D eigenvalue weighted by Gasteiger charge is -2.09. The average molecular weight is 209 g/mol. The zero-order chi connectivity index (χ0) is 11.5. The first kappa shape index (κ1) is 10.7. The fourth-order valence-electron chi connectivity index (χ4n) is 1.94. The number of nitrogens with zero attached hydrogens (tertiary/aromatic N) is 1. The van der Waals surface area contributed by atoms with Crippen LogP contribution in [-0.2, 0) is 0 Å². The van der Waals surface area contributed by atoms with E-state index in [1.807, 2.05) is 0 Å². The van der Waals surface area contributed by atoms with E-state index in [2.05, 4.69) is 56.3 Å². The predicted octanol–water partition coefficient (Wildman–Crippen LogP) is 4.17. The van der Waals surface area contributed by atoms with Crippen molar-refractivity contribution in [3.05, 3.63) is 47.5 Å². The number of rotatable bonds is 2. The molecule has 0 aliphatic carbocycles. The summed E-state index contributed by atoms with van der Waals surface area (Å²) < 4.78 is 0. The highest BCUT2D eigenvalue weighted by atomic mass is 14.2. The van der Waals surface area contributed by atoms with E-state index < -0.39 is 0 Å². The van der Waals surface area contributed by atoms with Crippen LogP contribution < -0.4 is 0 Å². The summed E-state index contributed by atoms with van der Waals surface area (Å²) in [6, 6.07) is 15.1. The minimum absolute atomic E-state index is 0.315. The average Bonchev–Trinajstić information content (AvgIpc) is 2.28. The zero-order valence-electron chi connectivity index (χ0n) is 9.70. The van der Waals surface area contributed by atoms with Gasteiger partial charge in [0.15, 0.2) is 0 Å². The highest BCUT2D eigenvalue weighted by Crippen LogP contribution is 2.24. The molecule has 0 bridgehead atoms. The van der Waals surface area contributed by atoms with Crippen LogP contribution in [0.3, 0.4) is 0 Å². The lowest BCUT2D eigenvalue weighted by Crippen LogP contribution is -1.91. The number of fused-ring (bicyclic) bond motifs is 1. The highest BCUT2D eigenvalue weighted by Gasteiger charge is 2.05. The lowest BCUT2D eigenvalue weighted by molar-refractivity contribution is 0.790. The van der Waals surface area contributed by atoms with Crippen LogP contribution in [-0.4, -0.2) is 0 Å². The second-order valence-electron chi connectivity index (χ2n) is 4.37. The smallest absolute Gasteiger partial charge is 0.0628 e. The summed E-state index contributed by atoms with van der Waals surface area (Å²) in [5.41, 5.74) is 2.53. The fraction of sp³-hybridized carbons (Fsp3) is 0.267. The number of benzene rings is 2. The Hall–Kier alpha value is -1.81. The third-order valence-electron chi connectivity index (χ3n) is 2.99. The number of hydrogen-bond donors (Lipinski definition) is 0. The van der Waals surface area contributed by atoms with Gasteiger partial charge in [0.1, 0.15) is 0 Å². The monoisotopic (exact) mass is 209 g/mol. The Morgan fingerprint density at radius 3 is 2.56 bits per heavy atom. The SMILES string of the molecule is Cc1ccc2cc(C(C)CC#N)ccc2c1. The van der Waals surface area contributed by atoms with Gasteiger partial charge < -0.3 is 0 Å². The van der Waals surface area contributed by atoms with Gasteiger partial charge in [-0.3, -0.25) is 0 Å². The molecule has 0 heterocycles. The summed E-state index contributed by atoms with van der Waals surface area (Å²) in [5, 5.41) is 11.2. The molecule has 1 heteroatoms. The molecule has 0 spiro atoms. The molecule has 0 aromatic heterocycles. The second-order valence-corrected chi connectivity index (χ2v) is 4.37. The van der Waals surface area contributed by atoms with Crippen molar-refractivity contribution < 1.29 is 0 Å². The molecule has 0 radical (unpaired) electrons. The van der Waals surface area contributed by atoms with Gasteiger partial charge in [-0.25, -0.2) is 0 Å². The van der Waals surface area contributed by atoms with Crippen LogP contribution in [0.5, 0.6) is 0 Å². The van der Waals surface area contributed by atoms with E-state index in [4.69, 9.17) is 5.26 Å². The van der Waals surface area contributed by atoms with E-state index in [0.29, 0.717) is 12.3 Å². The summed E-state index contributed by atoms with van der Waals surface area (Å²) in [6.07, 6.45) is 0.581. The molecule has 0 saturated carbocycles. The Bertz CT molecular complexity index is 549. The first-order valence-corrected chi connectivity index (χ1v) is 5.58. The van der Waals surface area contributed by atoms with E-state index in [-0.39, 0.29) is 0 Å². The van der Waals surface area contributed by atoms with Gasteiger partial charge in [0.2, 0.25) is 0 Å². The third kappa shape index (κ3) is 2.06. The Labute approximate surface area is 96.3 Å². The Morgan fingerprint density at radius 1 is 1.12 bits per heavy atom. The van der Waals surface area contributed by atoms with Crippen molar-refractivity contribution in [3.8, 4) is 6.07 Å². The molecule has 80 valence electrons. The molecule has 0 saturated heterocycles. The summed E-state index contributed by atoms with van der Waals surface area (Å²) >= 11 is 0. The second kappa shape index (κ2) is 4.37. The van der Waals surface area contributed by atoms with Crippen molar-refractivity contribution >= 4 is 10.8 Å². The summed E-state index contributed by atoms with van der Waals surface area (Å²) in [7, 11) is 0. The largest absolute Gasteiger partial charge is 0.198 e. The molecule has 0 aliphatic rings. The van der Waals surface area contributed by atoms with Crippen LogP contribution in [0.4, 0.5) is 0 Å².